The zero-order valence-corrected chi connectivity index (χ0v) is 13.4. The second kappa shape index (κ2) is 6.15. The van der Waals surface area contributed by atoms with E-state index < -0.39 is 0 Å². The van der Waals surface area contributed by atoms with Crippen molar-refractivity contribution in [2.24, 2.45) is 5.41 Å². The molecule has 1 N–H and O–H groups in total. The Bertz CT molecular complexity index is 346. The van der Waals surface area contributed by atoms with Crippen LogP contribution >= 0.6 is 0 Å². The van der Waals surface area contributed by atoms with E-state index in [1.807, 2.05) is 0 Å². The first kappa shape index (κ1) is 14.4. The smallest absolute Gasteiger partial charge is 0.0547 e. The van der Waals surface area contributed by atoms with Crippen LogP contribution in [0.3, 0.4) is 0 Å². The van der Waals surface area contributed by atoms with Gasteiger partial charge in [0.05, 0.1) is 6.61 Å². The summed E-state index contributed by atoms with van der Waals surface area (Å²) < 4.78 is 5.77. The summed E-state index contributed by atoms with van der Waals surface area (Å²) in [6, 6.07) is 1.65. The third kappa shape index (κ3) is 3.44. The standard InChI is InChI=1S/C17H31N3O/c1-2-8-20(7-1)16-5-9-19(11-16)13-17(6-10-21-14-17)12-18-15-3-4-15/h15-16,18H,1-14H2. The lowest BCUT2D eigenvalue weighted by Gasteiger charge is -2.33. The van der Waals surface area contributed by atoms with Crippen LogP contribution in [0.4, 0.5) is 0 Å². The van der Waals surface area contributed by atoms with E-state index in [-0.39, 0.29) is 0 Å². The Morgan fingerprint density at radius 1 is 1.10 bits per heavy atom. The molecule has 4 nitrogen and oxygen atoms in total. The van der Waals surface area contributed by atoms with Gasteiger partial charge in [0.2, 0.25) is 0 Å². The summed E-state index contributed by atoms with van der Waals surface area (Å²) in [5.74, 6) is 0. The molecule has 0 amide bonds. The molecule has 1 saturated carbocycles. The molecule has 2 atom stereocenters. The molecule has 0 aromatic heterocycles. The Kier molecular flexibility index (Phi) is 4.23. The molecule has 0 bridgehead atoms. The number of hydrogen-bond acceptors (Lipinski definition) is 4. The van der Waals surface area contributed by atoms with Gasteiger partial charge in [0, 0.05) is 43.7 Å². The average molecular weight is 293 g/mol. The highest BCUT2D eigenvalue weighted by Crippen LogP contribution is 2.32. The van der Waals surface area contributed by atoms with E-state index in [1.165, 1.54) is 77.8 Å². The Hall–Kier alpha value is -0.160. The minimum Gasteiger partial charge on any atom is -0.381 e. The largest absolute Gasteiger partial charge is 0.381 e. The maximum absolute atomic E-state index is 5.77. The van der Waals surface area contributed by atoms with Crippen LogP contribution in [0, 0.1) is 5.41 Å². The van der Waals surface area contributed by atoms with Crippen molar-refractivity contribution in [1.82, 2.24) is 15.1 Å². The number of rotatable bonds is 6. The predicted octanol–water partition coefficient (Wildman–Crippen LogP) is 1.32. The maximum Gasteiger partial charge on any atom is 0.0547 e. The molecule has 21 heavy (non-hydrogen) atoms. The molecular formula is C17H31N3O. The van der Waals surface area contributed by atoms with Crippen molar-refractivity contribution >= 4 is 0 Å². The van der Waals surface area contributed by atoms with E-state index in [4.69, 9.17) is 4.74 Å². The van der Waals surface area contributed by atoms with Crippen LogP contribution in [0.1, 0.15) is 38.5 Å². The second-order valence-corrected chi connectivity index (χ2v) is 7.88. The predicted molar refractivity (Wildman–Crippen MR) is 84.5 cm³/mol. The van der Waals surface area contributed by atoms with E-state index in [0.29, 0.717) is 5.41 Å². The van der Waals surface area contributed by atoms with Gasteiger partial charge >= 0.3 is 0 Å². The monoisotopic (exact) mass is 293 g/mol. The van der Waals surface area contributed by atoms with E-state index in [1.54, 1.807) is 0 Å². The van der Waals surface area contributed by atoms with Gasteiger partial charge in [-0.2, -0.15) is 0 Å². The third-order valence-corrected chi connectivity index (χ3v) is 5.99. The molecule has 2 unspecified atom stereocenters. The van der Waals surface area contributed by atoms with Gasteiger partial charge in [-0.05, 0) is 58.2 Å². The van der Waals surface area contributed by atoms with Crippen LogP contribution in [-0.2, 0) is 4.74 Å². The molecule has 0 aromatic carbocycles. The summed E-state index contributed by atoms with van der Waals surface area (Å²) in [4.78, 5) is 5.46. The number of ether oxygens (including phenoxy) is 1. The molecule has 0 aromatic rings. The van der Waals surface area contributed by atoms with Crippen molar-refractivity contribution in [3.8, 4) is 0 Å². The SMILES string of the molecule is C1CCN(C2CCN(CC3(CNC4CC4)CCOC3)C2)C1. The molecule has 120 valence electrons. The highest BCUT2D eigenvalue weighted by Gasteiger charge is 2.40. The van der Waals surface area contributed by atoms with Gasteiger partial charge in [0.1, 0.15) is 0 Å². The van der Waals surface area contributed by atoms with E-state index in [2.05, 4.69) is 15.1 Å². The van der Waals surface area contributed by atoms with Gasteiger partial charge in [-0.15, -0.1) is 0 Å². The molecule has 1 aliphatic carbocycles. The molecule has 4 rings (SSSR count). The van der Waals surface area contributed by atoms with Crippen LogP contribution in [0.2, 0.25) is 0 Å². The minimum atomic E-state index is 0.391. The van der Waals surface area contributed by atoms with Gasteiger partial charge in [-0.1, -0.05) is 0 Å². The van der Waals surface area contributed by atoms with E-state index in [0.717, 1.165) is 25.3 Å². The lowest BCUT2D eigenvalue weighted by molar-refractivity contribution is 0.114. The first-order valence-corrected chi connectivity index (χ1v) is 9.11. The van der Waals surface area contributed by atoms with Gasteiger partial charge in [-0.3, -0.25) is 4.90 Å². The zero-order chi connectivity index (χ0) is 14.1. The molecule has 0 radical (unpaired) electrons. The fourth-order valence-corrected chi connectivity index (χ4v) is 4.45. The van der Waals surface area contributed by atoms with Crippen LogP contribution in [0.15, 0.2) is 0 Å². The van der Waals surface area contributed by atoms with Crippen molar-refractivity contribution in [2.75, 3.05) is 52.5 Å². The molecule has 4 heteroatoms. The van der Waals surface area contributed by atoms with Crippen LogP contribution in [0.5, 0.6) is 0 Å². The Balaban J connectivity index is 1.30. The van der Waals surface area contributed by atoms with Crippen molar-refractivity contribution in [2.45, 2.75) is 50.6 Å². The summed E-state index contributed by atoms with van der Waals surface area (Å²) in [6.45, 7) is 9.64. The van der Waals surface area contributed by atoms with Gasteiger partial charge in [0.15, 0.2) is 0 Å². The summed E-state index contributed by atoms with van der Waals surface area (Å²) in [7, 11) is 0. The normalized spacial score (nSPS) is 38.6. The fraction of sp³-hybridized carbons (Fsp3) is 1.00. The third-order valence-electron chi connectivity index (χ3n) is 5.99. The molecule has 4 fully saturated rings. The number of nitrogens with one attached hydrogen (secondary N) is 1. The Labute approximate surface area is 129 Å². The van der Waals surface area contributed by atoms with Crippen molar-refractivity contribution in [3.63, 3.8) is 0 Å². The first-order valence-electron chi connectivity index (χ1n) is 9.11. The Morgan fingerprint density at radius 3 is 2.67 bits per heavy atom. The van der Waals surface area contributed by atoms with E-state index in [9.17, 15) is 0 Å². The highest BCUT2D eigenvalue weighted by molar-refractivity contribution is 4.94. The lowest BCUT2D eigenvalue weighted by Crippen LogP contribution is -2.45. The Morgan fingerprint density at radius 2 is 1.95 bits per heavy atom. The van der Waals surface area contributed by atoms with Crippen molar-refractivity contribution in [3.05, 3.63) is 0 Å². The summed E-state index contributed by atoms with van der Waals surface area (Å²) in [5.41, 5.74) is 0.391. The maximum atomic E-state index is 5.77. The topological polar surface area (TPSA) is 27.7 Å². The molecule has 3 aliphatic heterocycles. The first-order chi connectivity index (χ1) is 10.3. The zero-order valence-electron chi connectivity index (χ0n) is 13.4. The lowest BCUT2D eigenvalue weighted by atomic mass is 9.86. The molecular weight excluding hydrogens is 262 g/mol. The van der Waals surface area contributed by atoms with Gasteiger partial charge in [0.25, 0.3) is 0 Å². The minimum absolute atomic E-state index is 0.391. The summed E-state index contributed by atoms with van der Waals surface area (Å²) in [6.07, 6.45) is 8.24. The van der Waals surface area contributed by atoms with Gasteiger partial charge < -0.3 is 15.0 Å². The van der Waals surface area contributed by atoms with Crippen LogP contribution in [-0.4, -0.2) is 74.4 Å². The molecule has 3 heterocycles. The number of hydrogen-bond donors (Lipinski definition) is 1. The fourth-order valence-electron chi connectivity index (χ4n) is 4.45. The summed E-state index contributed by atoms with van der Waals surface area (Å²) in [5, 5.41) is 3.76. The highest BCUT2D eigenvalue weighted by atomic mass is 16.5. The van der Waals surface area contributed by atoms with E-state index >= 15 is 0 Å². The number of nitrogens with zero attached hydrogens (tertiary/aromatic N) is 2. The van der Waals surface area contributed by atoms with Crippen molar-refractivity contribution in [1.29, 1.82) is 0 Å². The molecule has 4 aliphatic rings. The van der Waals surface area contributed by atoms with Crippen LogP contribution in [0.25, 0.3) is 0 Å². The van der Waals surface area contributed by atoms with Crippen LogP contribution < -0.4 is 5.32 Å². The molecule has 0 spiro atoms. The van der Waals surface area contributed by atoms with Crippen molar-refractivity contribution < 1.29 is 4.74 Å². The quantitative estimate of drug-likeness (QED) is 0.799. The summed E-state index contributed by atoms with van der Waals surface area (Å²) >= 11 is 0. The number of likely N-dealkylation sites (tertiary alicyclic amines) is 2. The second-order valence-electron chi connectivity index (χ2n) is 7.88. The average Bonchev–Trinajstić information content (AvgIpc) is 2.92. The van der Waals surface area contributed by atoms with Gasteiger partial charge in [-0.25, -0.2) is 0 Å². The molecule has 3 saturated heterocycles.